The lowest BCUT2D eigenvalue weighted by atomic mass is 10.0. The smallest absolute Gasteiger partial charge is 0.267 e. The van der Waals surface area contributed by atoms with Crippen molar-refractivity contribution in [2.45, 2.75) is 40.2 Å². The van der Waals surface area contributed by atoms with Gasteiger partial charge >= 0.3 is 0 Å². The molecule has 0 bridgehead atoms. The van der Waals surface area contributed by atoms with Crippen LogP contribution in [0, 0.1) is 6.92 Å². The third kappa shape index (κ3) is 4.40. The zero-order chi connectivity index (χ0) is 19.4. The zero-order valence-electron chi connectivity index (χ0n) is 16.0. The Balaban J connectivity index is 2.00. The topological polar surface area (TPSA) is 52.0 Å². The molecular formula is C23H24N2O2. The summed E-state index contributed by atoms with van der Waals surface area (Å²) in [5.41, 5.74) is 5.34. The molecule has 0 aliphatic carbocycles. The van der Waals surface area contributed by atoms with Gasteiger partial charge in [-0.2, -0.15) is 5.10 Å². The largest absolute Gasteiger partial charge is 0.295 e. The van der Waals surface area contributed by atoms with Crippen LogP contribution in [0.3, 0.4) is 0 Å². The zero-order valence-corrected chi connectivity index (χ0v) is 16.0. The van der Waals surface area contributed by atoms with E-state index in [-0.39, 0.29) is 11.3 Å². The highest BCUT2D eigenvalue weighted by Crippen LogP contribution is 2.21. The summed E-state index contributed by atoms with van der Waals surface area (Å²) >= 11 is 0. The van der Waals surface area contributed by atoms with E-state index < -0.39 is 0 Å². The van der Waals surface area contributed by atoms with E-state index in [4.69, 9.17) is 0 Å². The molecule has 0 aliphatic heterocycles. The van der Waals surface area contributed by atoms with Crippen molar-refractivity contribution >= 4 is 5.78 Å². The van der Waals surface area contributed by atoms with Gasteiger partial charge in [0, 0.05) is 17.2 Å². The third-order valence-electron chi connectivity index (χ3n) is 4.59. The molecule has 3 rings (SSSR count). The fourth-order valence-corrected chi connectivity index (χ4v) is 3.20. The lowest BCUT2D eigenvalue weighted by molar-refractivity contribution is 0.101. The fourth-order valence-electron chi connectivity index (χ4n) is 3.20. The SMILES string of the molecule is CCCc1cccc(-c2nn(Cc3cccc(C(C)=O)c3)c(=O)cc2C)c1. The van der Waals surface area contributed by atoms with Gasteiger partial charge in [-0.3, -0.25) is 9.59 Å². The van der Waals surface area contributed by atoms with Gasteiger partial charge in [-0.15, -0.1) is 0 Å². The van der Waals surface area contributed by atoms with Gasteiger partial charge in [0.25, 0.3) is 5.56 Å². The van der Waals surface area contributed by atoms with E-state index in [1.165, 1.54) is 17.2 Å². The summed E-state index contributed by atoms with van der Waals surface area (Å²) in [6, 6.07) is 17.3. The van der Waals surface area contributed by atoms with Crippen molar-refractivity contribution in [3.8, 4) is 11.3 Å². The standard InChI is InChI=1S/C23H24N2O2/c1-4-7-18-8-5-11-21(13-18)23-16(2)12-22(27)25(24-23)15-19-9-6-10-20(14-19)17(3)26/h5-6,8-14H,4,7,15H2,1-3H3. The maximum atomic E-state index is 12.4. The molecule has 4 nitrogen and oxygen atoms in total. The number of hydrogen-bond acceptors (Lipinski definition) is 3. The molecule has 138 valence electrons. The number of rotatable bonds is 6. The Morgan fingerprint density at radius 2 is 1.78 bits per heavy atom. The van der Waals surface area contributed by atoms with E-state index in [1.807, 2.05) is 37.3 Å². The minimum Gasteiger partial charge on any atom is -0.295 e. The summed E-state index contributed by atoms with van der Waals surface area (Å²) in [5, 5.41) is 4.63. The highest BCUT2D eigenvalue weighted by atomic mass is 16.1. The molecule has 0 fully saturated rings. The fraction of sp³-hybridized carbons (Fsp3) is 0.261. The molecule has 0 unspecified atom stereocenters. The molecule has 0 aliphatic rings. The van der Waals surface area contributed by atoms with Gasteiger partial charge in [-0.1, -0.05) is 49.7 Å². The lowest BCUT2D eigenvalue weighted by Gasteiger charge is -2.11. The predicted octanol–water partition coefficient (Wildman–Crippen LogP) is 4.42. The molecule has 3 aromatic rings. The molecule has 0 N–H and O–H groups in total. The van der Waals surface area contributed by atoms with E-state index in [0.717, 1.165) is 35.2 Å². The first kappa shape index (κ1) is 18.8. The second kappa shape index (κ2) is 8.12. The second-order valence-corrected chi connectivity index (χ2v) is 6.88. The number of hydrogen-bond donors (Lipinski definition) is 0. The summed E-state index contributed by atoms with van der Waals surface area (Å²) in [6.07, 6.45) is 2.10. The van der Waals surface area contributed by atoms with Crippen LogP contribution >= 0.6 is 0 Å². The van der Waals surface area contributed by atoms with Gasteiger partial charge in [0.05, 0.1) is 12.2 Å². The van der Waals surface area contributed by atoms with Crippen LogP contribution in [0.5, 0.6) is 0 Å². The second-order valence-electron chi connectivity index (χ2n) is 6.88. The van der Waals surface area contributed by atoms with Gasteiger partial charge in [-0.25, -0.2) is 4.68 Å². The summed E-state index contributed by atoms with van der Waals surface area (Å²) in [7, 11) is 0. The maximum Gasteiger partial charge on any atom is 0.267 e. The van der Waals surface area contributed by atoms with Crippen LogP contribution in [0.2, 0.25) is 0 Å². The Morgan fingerprint density at radius 1 is 1.04 bits per heavy atom. The average Bonchev–Trinajstić information content (AvgIpc) is 2.64. The van der Waals surface area contributed by atoms with E-state index >= 15 is 0 Å². The van der Waals surface area contributed by atoms with Crippen molar-refractivity contribution in [1.29, 1.82) is 0 Å². The Bertz CT molecular complexity index is 1030. The third-order valence-corrected chi connectivity index (χ3v) is 4.59. The number of aromatic nitrogens is 2. The molecule has 0 saturated carbocycles. The number of aryl methyl sites for hydroxylation is 2. The van der Waals surface area contributed by atoms with Crippen LogP contribution in [0.4, 0.5) is 0 Å². The molecule has 4 heteroatoms. The molecule has 0 spiro atoms. The number of nitrogens with zero attached hydrogens (tertiary/aromatic N) is 2. The van der Waals surface area contributed by atoms with Crippen molar-refractivity contribution < 1.29 is 4.79 Å². The molecule has 1 aromatic heterocycles. The van der Waals surface area contributed by atoms with Crippen LogP contribution in [-0.2, 0) is 13.0 Å². The van der Waals surface area contributed by atoms with Crippen LogP contribution in [0.25, 0.3) is 11.3 Å². The van der Waals surface area contributed by atoms with Crippen LogP contribution in [0.1, 0.15) is 47.3 Å². The molecule has 0 atom stereocenters. The van der Waals surface area contributed by atoms with Gasteiger partial charge in [0.2, 0.25) is 0 Å². The lowest BCUT2D eigenvalue weighted by Crippen LogP contribution is -2.24. The molecule has 27 heavy (non-hydrogen) atoms. The first-order chi connectivity index (χ1) is 13.0. The number of carbonyl (C=O) groups is 1. The molecule has 0 saturated heterocycles. The number of carbonyl (C=O) groups excluding carboxylic acids is 1. The summed E-state index contributed by atoms with van der Waals surface area (Å²) in [4.78, 5) is 24.1. The van der Waals surface area contributed by atoms with Crippen LogP contribution < -0.4 is 5.56 Å². The molecule has 1 heterocycles. The number of Topliss-reactive ketones (excluding diaryl/α,β-unsaturated/α-hetero) is 1. The van der Waals surface area contributed by atoms with Crippen LogP contribution in [-0.4, -0.2) is 15.6 Å². The number of benzene rings is 2. The highest BCUT2D eigenvalue weighted by Gasteiger charge is 2.10. The summed E-state index contributed by atoms with van der Waals surface area (Å²) in [6.45, 7) is 5.95. The molecule has 2 aromatic carbocycles. The Morgan fingerprint density at radius 3 is 2.52 bits per heavy atom. The van der Waals surface area contributed by atoms with Crippen molar-refractivity contribution in [2.75, 3.05) is 0 Å². The van der Waals surface area contributed by atoms with Crippen molar-refractivity contribution in [2.24, 2.45) is 0 Å². The molecule has 0 radical (unpaired) electrons. The Kier molecular flexibility index (Phi) is 5.65. The van der Waals surface area contributed by atoms with Crippen molar-refractivity contribution in [3.63, 3.8) is 0 Å². The van der Waals surface area contributed by atoms with Crippen LogP contribution in [0.15, 0.2) is 59.4 Å². The van der Waals surface area contributed by atoms with E-state index in [0.29, 0.717) is 12.1 Å². The van der Waals surface area contributed by atoms with Crippen molar-refractivity contribution in [1.82, 2.24) is 9.78 Å². The summed E-state index contributed by atoms with van der Waals surface area (Å²) in [5.74, 6) is 0.00879. The minimum absolute atomic E-state index is 0.00879. The van der Waals surface area contributed by atoms with E-state index in [1.54, 1.807) is 12.1 Å². The van der Waals surface area contributed by atoms with Gasteiger partial charge in [0.1, 0.15) is 0 Å². The van der Waals surface area contributed by atoms with E-state index in [9.17, 15) is 9.59 Å². The normalized spacial score (nSPS) is 10.8. The monoisotopic (exact) mass is 360 g/mol. The Hall–Kier alpha value is -3.01. The van der Waals surface area contributed by atoms with Gasteiger partial charge < -0.3 is 0 Å². The highest BCUT2D eigenvalue weighted by molar-refractivity contribution is 5.94. The van der Waals surface area contributed by atoms with Crippen molar-refractivity contribution in [3.05, 3.63) is 87.2 Å². The minimum atomic E-state index is -0.144. The first-order valence-electron chi connectivity index (χ1n) is 9.26. The molecule has 0 amide bonds. The quantitative estimate of drug-likeness (QED) is 0.611. The maximum absolute atomic E-state index is 12.4. The van der Waals surface area contributed by atoms with E-state index in [2.05, 4.69) is 24.2 Å². The van der Waals surface area contributed by atoms with Gasteiger partial charge in [-0.05, 0) is 49.1 Å². The van der Waals surface area contributed by atoms with Gasteiger partial charge in [0.15, 0.2) is 5.78 Å². The Labute approximate surface area is 159 Å². The number of ketones is 1. The predicted molar refractivity (Wildman–Crippen MR) is 108 cm³/mol. The average molecular weight is 360 g/mol. The molecular weight excluding hydrogens is 336 g/mol. The summed E-state index contributed by atoms with van der Waals surface area (Å²) < 4.78 is 1.47. The first-order valence-corrected chi connectivity index (χ1v) is 9.26.